The summed E-state index contributed by atoms with van der Waals surface area (Å²) >= 11 is 0. The van der Waals surface area contributed by atoms with E-state index in [1.807, 2.05) is 64.1 Å². The number of hydrogen-bond acceptors (Lipinski definition) is 6. The Morgan fingerprint density at radius 2 is 1.90 bits per heavy atom. The Hall–Kier alpha value is -3.75. The molecule has 3 aromatic heterocycles. The highest BCUT2D eigenvalue weighted by Crippen LogP contribution is 2.43. The number of hydrogen-bond donors (Lipinski definition) is 1. The predicted octanol–water partition coefficient (Wildman–Crippen LogP) is 3.19. The first kappa shape index (κ1) is 19.2. The van der Waals surface area contributed by atoms with Gasteiger partial charge in [-0.3, -0.25) is 4.79 Å². The van der Waals surface area contributed by atoms with Crippen LogP contribution >= 0.6 is 0 Å². The second-order valence-corrected chi connectivity index (χ2v) is 7.98. The molecule has 0 radical (unpaired) electrons. The number of aryl methyl sites for hydroxylation is 2. The van der Waals surface area contributed by atoms with E-state index in [0.717, 1.165) is 22.6 Å². The second kappa shape index (κ2) is 7.19. The minimum atomic E-state index is -0.159. The third kappa shape index (κ3) is 3.22. The van der Waals surface area contributed by atoms with Crippen LogP contribution < -0.4 is 10.1 Å². The van der Waals surface area contributed by atoms with Crippen LogP contribution in [0.2, 0.25) is 0 Å². The van der Waals surface area contributed by atoms with Gasteiger partial charge in [-0.05, 0) is 45.9 Å². The largest absolute Gasteiger partial charge is 0.491 e. The standard InChI is InChI=1S/C22H23N7O2/c1-12(2)31-17-8-6-5-7-15(17)16-11-20(30)23-22-21(16)13(3)26-29(22)19-10-9-18-25-24-14(4)28(18)27-19/h5-10,12,16H,11H2,1-4H3,(H,23,30)/t16-/m0/s1. The van der Waals surface area contributed by atoms with Crippen LogP contribution in [0.25, 0.3) is 11.5 Å². The molecule has 0 aliphatic carbocycles. The number of carbonyl (C=O) groups excluding carboxylic acids is 1. The Bertz CT molecular complexity index is 1300. The van der Waals surface area contributed by atoms with Crippen LogP contribution in [-0.4, -0.2) is 41.6 Å². The van der Waals surface area contributed by atoms with Gasteiger partial charge >= 0.3 is 0 Å². The molecule has 0 bridgehead atoms. The van der Waals surface area contributed by atoms with Crippen LogP contribution in [-0.2, 0) is 4.79 Å². The summed E-state index contributed by atoms with van der Waals surface area (Å²) in [6.07, 6.45) is 0.361. The van der Waals surface area contributed by atoms with Crippen molar-refractivity contribution in [1.82, 2.24) is 29.6 Å². The Morgan fingerprint density at radius 3 is 2.71 bits per heavy atom. The number of aromatic nitrogens is 6. The Morgan fingerprint density at radius 1 is 1.10 bits per heavy atom. The molecule has 158 valence electrons. The molecule has 9 heteroatoms. The molecule has 5 rings (SSSR count). The first-order chi connectivity index (χ1) is 14.9. The monoisotopic (exact) mass is 417 g/mol. The quantitative estimate of drug-likeness (QED) is 0.547. The zero-order chi connectivity index (χ0) is 21.7. The summed E-state index contributed by atoms with van der Waals surface area (Å²) in [5, 5.41) is 20.5. The van der Waals surface area contributed by atoms with Crippen LogP contribution in [0.15, 0.2) is 36.4 Å². The van der Waals surface area contributed by atoms with Crippen molar-refractivity contribution >= 4 is 17.4 Å². The summed E-state index contributed by atoms with van der Waals surface area (Å²) in [6, 6.07) is 11.5. The van der Waals surface area contributed by atoms with Crippen molar-refractivity contribution < 1.29 is 9.53 Å². The number of carbonyl (C=O) groups is 1. The fraction of sp³-hybridized carbons (Fsp3) is 0.318. The van der Waals surface area contributed by atoms with Crippen molar-refractivity contribution in [3.05, 3.63) is 59.0 Å². The van der Waals surface area contributed by atoms with E-state index in [0.29, 0.717) is 29.5 Å². The minimum absolute atomic E-state index is 0.0322. The summed E-state index contributed by atoms with van der Waals surface area (Å²) in [4.78, 5) is 12.7. The van der Waals surface area contributed by atoms with Gasteiger partial charge in [0.15, 0.2) is 17.3 Å². The number of ether oxygens (including phenoxy) is 1. The molecule has 1 atom stereocenters. The molecule has 0 spiro atoms. The lowest BCUT2D eigenvalue weighted by Crippen LogP contribution is -2.25. The highest BCUT2D eigenvalue weighted by Gasteiger charge is 2.34. The molecule has 1 aromatic carbocycles. The molecule has 1 amide bonds. The van der Waals surface area contributed by atoms with E-state index >= 15 is 0 Å². The Kier molecular flexibility index (Phi) is 4.46. The molecular weight excluding hydrogens is 394 g/mol. The van der Waals surface area contributed by atoms with E-state index in [-0.39, 0.29) is 17.9 Å². The summed E-state index contributed by atoms with van der Waals surface area (Å²) < 4.78 is 9.38. The summed E-state index contributed by atoms with van der Waals surface area (Å²) in [5.74, 6) is 2.45. The van der Waals surface area contributed by atoms with E-state index in [2.05, 4.69) is 20.6 Å². The van der Waals surface area contributed by atoms with Gasteiger partial charge < -0.3 is 10.1 Å². The molecule has 0 unspecified atom stereocenters. The van der Waals surface area contributed by atoms with Crippen LogP contribution in [0, 0.1) is 13.8 Å². The number of anilines is 1. The van der Waals surface area contributed by atoms with E-state index in [9.17, 15) is 4.79 Å². The van der Waals surface area contributed by atoms with Crippen molar-refractivity contribution in [3.63, 3.8) is 0 Å². The van der Waals surface area contributed by atoms with Gasteiger partial charge in [0.2, 0.25) is 5.91 Å². The zero-order valence-corrected chi connectivity index (χ0v) is 17.8. The lowest BCUT2D eigenvalue weighted by Gasteiger charge is -2.26. The van der Waals surface area contributed by atoms with Crippen LogP contribution in [0.5, 0.6) is 5.75 Å². The third-order valence-electron chi connectivity index (χ3n) is 5.38. The van der Waals surface area contributed by atoms with Gasteiger partial charge in [-0.1, -0.05) is 18.2 Å². The number of amides is 1. The average molecular weight is 417 g/mol. The van der Waals surface area contributed by atoms with Crippen molar-refractivity contribution in [2.75, 3.05) is 5.32 Å². The second-order valence-electron chi connectivity index (χ2n) is 7.98. The summed E-state index contributed by atoms with van der Waals surface area (Å²) in [5.41, 5.74) is 3.44. The van der Waals surface area contributed by atoms with E-state index in [1.165, 1.54) is 0 Å². The number of para-hydroxylation sites is 1. The molecular formula is C22H23N7O2. The summed E-state index contributed by atoms with van der Waals surface area (Å²) in [7, 11) is 0. The first-order valence-corrected chi connectivity index (χ1v) is 10.3. The maximum atomic E-state index is 12.7. The predicted molar refractivity (Wildman–Crippen MR) is 115 cm³/mol. The third-order valence-corrected chi connectivity index (χ3v) is 5.38. The fourth-order valence-corrected chi connectivity index (χ4v) is 4.11. The molecule has 31 heavy (non-hydrogen) atoms. The van der Waals surface area contributed by atoms with Crippen LogP contribution in [0.3, 0.4) is 0 Å². The van der Waals surface area contributed by atoms with Crippen LogP contribution in [0.1, 0.15) is 48.8 Å². The van der Waals surface area contributed by atoms with Crippen molar-refractivity contribution in [3.8, 4) is 11.6 Å². The maximum Gasteiger partial charge on any atom is 0.226 e. The summed E-state index contributed by atoms with van der Waals surface area (Å²) in [6.45, 7) is 7.78. The number of rotatable bonds is 4. The Labute approximate surface area is 179 Å². The van der Waals surface area contributed by atoms with Crippen LogP contribution in [0.4, 0.5) is 5.82 Å². The molecule has 0 fully saturated rings. The molecule has 1 N–H and O–H groups in total. The molecule has 4 heterocycles. The van der Waals surface area contributed by atoms with Crippen molar-refractivity contribution in [2.45, 2.75) is 46.1 Å². The fourth-order valence-electron chi connectivity index (χ4n) is 4.11. The van der Waals surface area contributed by atoms with E-state index in [4.69, 9.17) is 9.84 Å². The topological polar surface area (TPSA) is 99.2 Å². The molecule has 4 aromatic rings. The average Bonchev–Trinajstić information content (AvgIpc) is 3.27. The van der Waals surface area contributed by atoms with Gasteiger partial charge in [0.05, 0.1) is 11.8 Å². The molecule has 0 saturated carbocycles. The maximum absolute atomic E-state index is 12.7. The zero-order valence-electron chi connectivity index (χ0n) is 17.8. The number of nitrogens with zero attached hydrogens (tertiary/aromatic N) is 6. The number of nitrogens with one attached hydrogen (secondary N) is 1. The normalized spacial score (nSPS) is 15.9. The van der Waals surface area contributed by atoms with Crippen molar-refractivity contribution in [1.29, 1.82) is 0 Å². The van der Waals surface area contributed by atoms with Gasteiger partial charge in [-0.25, -0.2) is 0 Å². The van der Waals surface area contributed by atoms with Gasteiger partial charge in [-0.2, -0.15) is 14.3 Å². The molecule has 1 aliphatic heterocycles. The SMILES string of the molecule is Cc1nn(-c2ccc3nnc(C)n3n2)c2c1[C@H](c1ccccc1OC(C)C)CC(=O)N2. The van der Waals surface area contributed by atoms with E-state index < -0.39 is 0 Å². The molecule has 9 nitrogen and oxygen atoms in total. The lowest BCUT2D eigenvalue weighted by molar-refractivity contribution is -0.116. The minimum Gasteiger partial charge on any atom is -0.491 e. The smallest absolute Gasteiger partial charge is 0.226 e. The molecule has 0 saturated heterocycles. The molecule has 1 aliphatic rings. The highest BCUT2D eigenvalue weighted by molar-refractivity contribution is 5.95. The van der Waals surface area contributed by atoms with Gasteiger partial charge in [0.25, 0.3) is 0 Å². The van der Waals surface area contributed by atoms with Gasteiger partial charge in [-0.15, -0.1) is 15.3 Å². The van der Waals surface area contributed by atoms with Gasteiger partial charge in [0, 0.05) is 23.5 Å². The number of fused-ring (bicyclic) bond motifs is 2. The van der Waals surface area contributed by atoms with Crippen molar-refractivity contribution in [2.24, 2.45) is 0 Å². The lowest BCUT2D eigenvalue weighted by atomic mass is 9.85. The highest BCUT2D eigenvalue weighted by atomic mass is 16.5. The van der Waals surface area contributed by atoms with Gasteiger partial charge in [0.1, 0.15) is 11.6 Å². The van der Waals surface area contributed by atoms with E-state index in [1.54, 1.807) is 9.20 Å². The number of benzene rings is 1. The Balaban J connectivity index is 1.66. The first-order valence-electron chi connectivity index (χ1n) is 10.3.